The van der Waals surface area contributed by atoms with Gasteiger partial charge in [-0.05, 0) is 66.8 Å². The Kier molecular flexibility index (Phi) is 8.81. The molecule has 0 spiro atoms. The molecule has 1 atom stereocenters. The van der Waals surface area contributed by atoms with Crippen LogP contribution in [0.1, 0.15) is 57.0 Å². The minimum atomic E-state index is -0.371. The summed E-state index contributed by atoms with van der Waals surface area (Å²) in [5, 5.41) is 2.97. The van der Waals surface area contributed by atoms with Crippen LogP contribution in [0.4, 0.5) is 15.8 Å². The summed E-state index contributed by atoms with van der Waals surface area (Å²) in [5.74, 6) is -0.0457. The van der Waals surface area contributed by atoms with E-state index >= 15 is 0 Å². The van der Waals surface area contributed by atoms with Gasteiger partial charge in [-0.25, -0.2) is 4.39 Å². The van der Waals surface area contributed by atoms with Gasteiger partial charge >= 0.3 is 0 Å². The zero-order valence-corrected chi connectivity index (χ0v) is 20.3. The van der Waals surface area contributed by atoms with E-state index in [9.17, 15) is 14.0 Å². The summed E-state index contributed by atoms with van der Waals surface area (Å²) in [6, 6.07) is 11.4. The minimum absolute atomic E-state index is 0.0293. The zero-order valence-electron chi connectivity index (χ0n) is 20.3. The highest BCUT2D eigenvalue weighted by molar-refractivity contribution is 5.94. The van der Waals surface area contributed by atoms with E-state index in [0.29, 0.717) is 24.2 Å². The van der Waals surface area contributed by atoms with E-state index < -0.39 is 0 Å². The molecule has 0 saturated carbocycles. The number of hydrogen-bond acceptors (Lipinski definition) is 3. The highest BCUT2D eigenvalue weighted by Gasteiger charge is 2.25. The van der Waals surface area contributed by atoms with Crippen molar-refractivity contribution in [3.63, 3.8) is 0 Å². The van der Waals surface area contributed by atoms with Crippen LogP contribution in [0.25, 0.3) is 0 Å². The average molecular weight is 442 g/mol. The van der Waals surface area contributed by atoms with Crippen LogP contribution in [-0.2, 0) is 11.3 Å². The summed E-state index contributed by atoms with van der Waals surface area (Å²) >= 11 is 0. The van der Waals surface area contributed by atoms with Gasteiger partial charge in [-0.2, -0.15) is 0 Å². The lowest BCUT2D eigenvalue weighted by molar-refractivity contribution is -0.116. The van der Waals surface area contributed by atoms with Gasteiger partial charge in [0.2, 0.25) is 5.91 Å². The first-order valence-electron chi connectivity index (χ1n) is 11.2. The molecule has 2 aromatic carbocycles. The SMILES string of the molecule is CC(C)CC(=O)Nc1ccc(N(C)C)c(CN(C(=O)c2ccc(F)cc2)[C@@H](C)C(C)C)c1. The van der Waals surface area contributed by atoms with Crippen molar-refractivity contribution < 1.29 is 14.0 Å². The van der Waals surface area contributed by atoms with Crippen LogP contribution < -0.4 is 10.2 Å². The topological polar surface area (TPSA) is 52.7 Å². The van der Waals surface area contributed by atoms with Gasteiger partial charge in [-0.15, -0.1) is 0 Å². The van der Waals surface area contributed by atoms with E-state index in [1.54, 1.807) is 0 Å². The third kappa shape index (κ3) is 6.81. The number of halogens is 1. The van der Waals surface area contributed by atoms with Gasteiger partial charge in [-0.3, -0.25) is 9.59 Å². The molecule has 0 aliphatic carbocycles. The molecule has 0 aliphatic heterocycles. The molecule has 0 fully saturated rings. The van der Waals surface area contributed by atoms with E-state index in [4.69, 9.17) is 0 Å². The fraction of sp³-hybridized carbons (Fsp3) is 0.462. The molecule has 5 nitrogen and oxygen atoms in total. The molecule has 1 N–H and O–H groups in total. The van der Waals surface area contributed by atoms with Crippen molar-refractivity contribution in [1.29, 1.82) is 0 Å². The molecule has 0 aromatic heterocycles. The van der Waals surface area contributed by atoms with Crippen molar-refractivity contribution in [3.05, 3.63) is 59.4 Å². The van der Waals surface area contributed by atoms with Crippen molar-refractivity contribution >= 4 is 23.2 Å². The van der Waals surface area contributed by atoms with Crippen molar-refractivity contribution in [2.24, 2.45) is 11.8 Å². The van der Waals surface area contributed by atoms with Crippen LogP contribution in [0, 0.1) is 17.7 Å². The maximum absolute atomic E-state index is 13.4. The lowest BCUT2D eigenvalue weighted by Crippen LogP contribution is -2.41. The largest absolute Gasteiger partial charge is 0.377 e. The summed E-state index contributed by atoms with van der Waals surface area (Å²) in [4.78, 5) is 29.5. The number of carbonyl (C=O) groups excluding carboxylic acids is 2. The maximum atomic E-state index is 13.4. The molecule has 6 heteroatoms. The first kappa shape index (κ1) is 25.4. The van der Waals surface area contributed by atoms with Crippen LogP contribution in [0.2, 0.25) is 0 Å². The number of amides is 2. The lowest BCUT2D eigenvalue weighted by Gasteiger charge is -2.33. The second-order valence-electron chi connectivity index (χ2n) is 9.31. The van der Waals surface area contributed by atoms with Crippen LogP contribution in [-0.4, -0.2) is 36.9 Å². The van der Waals surface area contributed by atoms with E-state index in [2.05, 4.69) is 19.2 Å². The zero-order chi connectivity index (χ0) is 24.0. The van der Waals surface area contributed by atoms with Crippen molar-refractivity contribution in [2.75, 3.05) is 24.3 Å². The highest BCUT2D eigenvalue weighted by atomic mass is 19.1. The summed E-state index contributed by atoms with van der Waals surface area (Å²) in [5.41, 5.74) is 3.06. The Hall–Kier alpha value is -2.89. The average Bonchev–Trinajstić information content (AvgIpc) is 2.70. The summed E-state index contributed by atoms with van der Waals surface area (Å²) in [6.07, 6.45) is 0.449. The van der Waals surface area contributed by atoms with Gasteiger partial charge in [0.15, 0.2) is 0 Å². The minimum Gasteiger partial charge on any atom is -0.377 e. The Morgan fingerprint density at radius 3 is 2.12 bits per heavy atom. The Labute approximate surface area is 191 Å². The number of carbonyl (C=O) groups is 2. The van der Waals surface area contributed by atoms with Gasteiger partial charge in [0.1, 0.15) is 5.82 Å². The predicted octanol–water partition coefficient (Wildman–Crippen LogP) is 5.56. The van der Waals surface area contributed by atoms with Crippen LogP contribution in [0.15, 0.2) is 42.5 Å². The Balaban J connectivity index is 2.41. The number of hydrogen-bond donors (Lipinski definition) is 1. The summed E-state index contributed by atoms with van der Waals surface area (Å²) in [7, 11) is 3.90. The molecule has 0 unspecified atom stereocenters. The van der Waals surface area contributed by atoms with Gasteiger partial charge in [0.25, 0.3) is 5.91 Å². The Bertz CT molecular complexity index is 923. The number of nitrogens with zero attached hydrogens (tertiary/aromatic N) is 2. The molecule has 0 radical (unpaired) electrons. The Morgan fingerprint density at radius 1 is 0.969 bits per heavy atom. The maximum Gasteiger partial charge on any atom is 0.254 e. The second-order valence-corrected chi connectivity index (χ2v) is 9.31. The predicted molar refractivity (Wildman–Crippen MR) is 129 cm³/mol. The third-order valence-corrected chi connectivity index (χ3v) is 5.59. The first-order valence-corrected chi connectivity index (χ1v) is 11.2. The van der Waals surface area contributed by atoms with Gasteiger partial charge < -0.3 is 15.1 Å². The molecular formula is C26H36FN3O2. The lowest BCUT2D eigenvalue weighted by atomic mass is 10.0. The van der Waals surface area contributed by atoms with Crippen LogP contribution >= 0.6 is 0 Å². The van der Waals surface area contributed by atoms with Crippen LogP contribution in [0.5, 0.6) is 0 Å². The molecule has 2 aromatic rings. The molecule has 174 valence electrons. The summed E-state index contributed by atoms with van der Waals surface area (Å²) < 4.78 is 13.4. The third-order valence-electron chi connectivity index (χ3n) is 5.59. The van der Waals surface area contributed by atoms with Gasteiger partial charge in [-0.1, -0.05) is 27.7 Å². The highest BCUT2D eigenvalue weighted by Crippen LogP contribution is 2.27. The van der Waals surface area contributed by atoms with E-state index in [-0.39, 0.29) is 35.5 Å². The molecule has 0 aliphatic rings. The quantitative estimate of drug-likeness (QED) is 0.554. The molecule has 32 heavy (non-hydrogen) atoms. The number of nitrogens with one attached hydrogen (secondary N) is 1. The van der Waals surface area contributed by atoms with Gasteiger partial charge in [0.05, 0.1) is 0 Å². The number of rotatable bonds is 9. The van der Waals surface area contributed by atoms with Crippen molar-refractivity contribution in [1.82, 2.24) is 4.90 Å². The van der Waals surface area contributed by atoms with E-state index in [1.165, 1.54) is 24.3 Å². The molecule has 0 saturated heterocycles. The molecular weight excluding hydrogens is 405 g/mol. The smallest absolute Gasteiger partial charge is 0.254 e. The van der Waals surface area contributed by atoms with E-state index in [1.807, 2.05) is 62.9 Å². The molecule has 0 heterocycles. The van der Waals surface area contributed by atoms with Crippen molar-refractivity contribution in [3.8, 4) is 0 Å². The van der Waals surface area contributed by atoms with Crippen molar-refractivity contribution in [2.45, 2.75) is 53.6 Å². The first-order chi connectivity index (χ1) is 15.0. The number of anilines is 2. The fourth-order valence-electron chi connectivity index (χ4n) is 3.51. The number of benzene rings is 2. The molecule has 0 bridgehead atoms. The van der Waals surface area contributed by atoms with Crippen LogP contribution in [0.3, 0.4) is 0 Å². The Morgan fingerprint density at radius 2 is 1.59 bits per heavy atom. The monoisotopic (exact) mass is 441 g/mol. The summed E-state index contributed by atoms with van der Waals surface area (Å²) in [6.45, 7) is 10.6. The molecule has 2 amide bonds. The normalized spacial score (nSPS) is 12.1. The molecule has 2 rings (SSSR count). The standard InChI is InChI=1S/C26H36FN3O2/c1-17(2)14-25(31)28-23-12-13-24(29(6)7)21(15-23)16-30(19(5)18(3)4)26(32)20-8-10-22(27)11-9-20/h8-13,15,17-19H,14,16H2,1-7H3,(H,28,31)/t19-/m0/s1. The second kappa shape index (κ2) is 11.1. The fourth-order valence-corrected chi connectivity index (χ4v) is 3.51. The van der Waals surface area contributed by atoms with E-state index in [0.717, 1.165) is 11.3 Å². The van der Waals surface area contributed by atoms with Gasteiger partial charge in [0, 0.05) is 50.0 Å².